The fraction of sp³-hybridized carbons (Fsp3) is 0.316. The molecule has 25 heavy (non-hydrogen) atoms. The van der Waals surface area contributed by atoms with Gasteiger partial charge in [0.2, 0.25) is 0 Å². The number of likely N-dealkylation sites (tertiary alicyclic amines) is 1. The lowest BCUT2D eigenvalue weighted by atomic mass is 9.97. The third-order valence-electron chi connectivity index (χ3n) is 4.36. The molecule has 1 fully saturated rings. The number of carbonyl (C=O) groups is 2. The maximum Gasteiger partial charge on any atom is 0.354 e. The van der Waals surface area contributed by atoms with Crippen LogP contribution in [0.25, 0.3) is 0 Å². The van der Waals surface area contributed by atoms with Crippen LogP contribution < -0.4 is 4.74 Å². The molecule has 3 rings (SSSR count). The van der Waals surface area contributed by atoms with Gasteiger partial charge < -0.3 is 14.7 Å². The molecule has 1 aliphatic heterocycles. The summed E-state index contributed by atoms with van der Waals surface area (Å²) < 4.78 is 5.79. The number of rotatable bonds is 5. The van der Waals surface area contributed by atoms with Gasteiger partial charge in [-0.3, -0.25) is 4.79 Å². The van der Waals surface area contributed by atoms with Crippen LogP contribution >= 0.6 is 0 Å². The number of aromatic nitrogens is 1. The highest BCUT2D eigenvalue weighted by Crippen LogP contribution is 2.21. The zero-order valence-corrected chi connectivity index (χ0v) is 13.8. The van der Waals surface area contributed by atoms with Crippen LogP contribution in [0.3, 0.4) is 0 Å². The molecule has 0 radical (unpaired) electrons. The van der Waals surface area contributed by atoms with Crippen LogP contribution in [-0.4, -0.2) is 46.6 Å². The summed E-state index contributed by atoms with van der Waals surface area (Å²) in [5.41, 5.74) is 0.253. The number of benzene rings is 1. The van der Waals surface area contributed by atoms with E-state index in [-0.39, 0.29) is 11.6 Å². The molecule has 0 atom stereocenters. The van der Waals surface area contributed by atoms with Gasteiger partial charge in [-0.05, 0) is 43.0 Å². The molecule has 0 saturated carbocycles. The normalized spacial score (nSPS) is 15.0. The summed E-state index contributed by atoms with van der Waals surface area (Å²) in [5, 5.41) is 8.99. The smallest absolute Gasteiger partial charge is 0.354 e. The predicted molar refractivity (Wildman–Crippen MR) is 91.8 cm³/mol. The number of carboxylic acids is 1. The maximum atomic E-state index is 12.5. The molecular formula is C19H20N2O4. The highest BCUT2D eigenvalue weighted by molar-refractivity contribution is 5.96. The highest BCUT2D eigenvalue weighted by atomic mass is 16.5. The van der Waals surface area contributed by atoms with Gasteiger partial charge in [0, 0.05) is 24.8 Å². The van der Waals surface area contributed by atoms with Crippen LogP contribution in [0.5, 0.6) is 5.75 Å². The molecule has 0 aliphatic carbocycles. The first-order chi connectivity index (χ1) is 12.1. The van der Waals surface area contributed by atoms with Crippen molar-refractivity contribution in [2.45, 2.75) is 12.8 Å². The molecule has 2 heterocycles. The highest BCUT2D eigenvalue weighted by Gasteiger charge is 2.24. The van der Waals surface area contributed by atoms with E-state index in [0.29, 0.717) is 31.2 Å². The first-order valence-corrected chi connectivity index (χ1v) is 8.30. The molecule has 1 N–H and O–H groups in total. The van der Waals surface area contributed by atoms with Gasteiger partial charge in [-0.15, -0.1) is 0 Å². The Balaban J connectivity index is 1.52. The summed E-state index contributed by atoms with van der Waals surface area (Å²) in [4.78, 5) is 29.0. The summed E-state index contributed by atoms with van der Waals surface area (Å²) >= 11 is 0. The number of piperidine rings is 1. The summed E-state index contributed by atoms with van der Waals surface area (Å²) in [6.07, 6.45) is 3.10. The van der Waals surface area contributed by atoms with Gasteiger partial charge in [0.05, 0.1) is 6.61 Å². The van der Waals surface area contributed by atoms with Gasteiger partial charge >= 0.3 is 5.97 Å². The number of ether oxygens (including phenoxy) is 1. The lowest BCUT2D eigenvalue weighted by Crippen LogP contribution is -2.39. The monoisotopic (exact) mass is 340 g/mol. The molecule has 1 amide bonds. The van der Waals surface area contributed by atoms with E-state index < -0.39 is 5.97 Å². The Bertz CT molecular complexity index is 740. The molecule has 1 aromatic heterocycles. The van der Waals surface area contributed by atoms with Gasteiger partial charge in [0.1, 0.15) is 11.4 Å². The zero-order chi connectivity index (χ0) is 17.6. The van der Waals surface area contributed by atoms with Gasteiger partial charge in [-0.25, -0.2) is 9.78 Å². The van der Waals surface area contributed by atoms with Crippen molar-refractivity contribution in [2.24, 2.45) is 5.92 Å². The number of pyridine rings is 1. The topological polar surface area (TPSA) is 79.7 Å². The number of carboxylic acid groups (broad SMARTS) is 1. The zero-order valence-electron chi connectivity index (χ0n) is 13.8. The van der Waals surface area contributed by atoms with E-state index in [0.717, 1.165) is 18.6 Å². The summed E-state index contributed by atoms with van der Waals surface area (Å²) in [5.74, 6) is -0.00554. The van der Waals surface area contributed by atoms with Crippen molar-refractivity contribution in [3.63, 3.8) is 0 Å². The van der Waals surface area contributed by atoms with Gasteiger partial charge in [-0.2, -0.15) is 0 Å². The van der Waals surface area contributed by atoms with E-state index in [9.17, 15) is 9.59 Å². The summed E-state index contributed by atoms with van der Waals surface area (Å²) in [6, 6.07) is 12.6. The lowest BCUT2D eigenvalue weighted by Gasteiger charge is -2.32. The van der Waals surface area contributed by atoms with Crippen LogP contribution in [-0.2, 0) is 0 Å². The van der Waals surface area contributed by atoms with Gasteiger partial charge in [-0.1, -0.05) is 18.2 Å². The molecule has 2 aromatic rings. The van der Waals surface area contributed by atoms with Crippen molar-refractivity contribution < 1.29 is 19.4 Å². The minimum Gasteiger partial charge on any atom is -0.493 e. The van der Waals surface area contributed by atoms with E-state index in [1.165, 1.54) is 12.3 Å². The fourth-order valence-corrected chi connectivity index (χ4v) is 2.90. The Morgan fingerprint density at radius 2 is 1.88 bits per heavy atom. The third kappa shape index (κ3) is 4.35. The van der Waals surface area contributed by atoms with E-state index in [1.807, 2.05) is 30.3 Å². The molecule has 130 valence electrons. The number of hydrogen-bond acceptors (Lipinski definition) is 4. The lowest BCUT2D eigenvalue weighted by molar-refractivity contribution is 0.0661. The number of nitrogens with zero attached hydrogens (tertiary/aromatic N) is 2. The second-order valence-electron chi connectivity index (χ2n) is 6.09. The van der Waals surface area contributed by atoms with Crippen LogP contribution in [0.15, 0.2) is 48.7 Å². The molecule has 0 bridgehead atoms. The SMILES string of the molecule is O=C(O)c1cc(C(=O)N2CCC(COc3ccccc3)CC2)ccn1. The van der Waals surface area contributed by atoms with Crippen molar-refractivity contribution in [1.82, 2.24) is 9.88 Å². The average Bonchev–Trinajstić information content (AvgIpc) is 2.67. The summed E-state index contributed by atoms with van der Waals surface area (Å²) in [7, 11) is 0. The standard InChI is InChI=1S/C19H20N2O4/c22-18(15-6-9-20-17(12-15)19(23)24)21-10-7-14(8-11-21)13-25-16-4-2-1-3-5-16/h1-6,9,12,14H,7-8,10-11,13H2,(H,23,24). The first-order valence-electron chi connectivity index (χ1n) is 8.30. The van der Waals surface area contributed by atoms with E-state index >= 15 is 0 Å². The molecular weight excluding hydrogens is 320 g/mol. The molecule has 6 heteroatoms. The van der Waals surface area contributed by atoms with Crippen LogP contribution in [0.2, 0.25) is 0 Å². The van der Waals surface area contributed by atoms with Crippen LogP contribution in [0, 0.1) is 5.92 Å². The Labute approximate surface area is 146 Å². The fourth-order valence-electron chi connectivity index (χ4n) is 2.90. The Morgan fingerprint density at radius 3 is 2.56 bits per heavy atom. The van der Waals surface area contributed by atoms with Crippen LogP contribution in [0.4, 0.5) is 0 Å². The Hall–Kier alpha value is -2.89. The maximum absolute atomic E-state index is 12.5. The predicted octanol–water partition coefficient (Wildman–Crippen LogP) is 2.71. The van der Waals surface area contributed by atoms with E-state index in [4.69, 9.17) is 9.84 Å². The van der Waals surface area contributed by atoms with E-state index in [1.54, 1.807) is 11.0 Å². The Kier molecular flexibility index (Phi) is 5.28. The minimum absolute atomic E-state index is 0.114. The van der Waals surface area contributed by atoms with Crippen molar-refractivity contribution in [3.05, 3.63) is 59.9 Å². The Morgan fingerprint density at radius 1 is 1.16 bits per heavy atom. The molecule has 6 nitrogen and oxygen atoms in total. The van der Waals surface area contributed by atoms with E-state index in [2.05, 4.69) is 4.98 Å². The average molecular weight is 340 g/mol. The van der Waals surface area contributed by atoms with Crippen molar-refractivity contribution >= 4 is 11.9 Å². The first kappa shape index (κ1) is 17.0. The largest absolute Gasteiger partial charge is 0.493 e. The molecule has 0 spiro atoms. The minimum atomic E-state index is -1.13. The van der Waals surface area contributed by atoms with Crippen molar-refractivity contribution in [1.29, 1.82) is 0 Å². The quantitative estimate of drug-likeness (QED) is 0.905. The molecule has 0 unspecified atom stereocenters. The second-order valence-corrected chi connectivity index (χ2v) is 6.09. The summed E-state index contributed by atoms with van der Waals surface area (Å²) in [6.45, 7) is 1.93. The molecule has 1 aromatic carbocycles. The number of para-hydroxylation sites is 1. The molecule has 1 aliphatic rings. The van der Waals surface area contributed by atoms with Crippen molar-refractivity contribution in [2.75, 3.05) is 19.7 Å². The molecule has 1 saturated heterocycles. The second kappa shape index (κ2) is 7.79. The van der Waals surface area contributed by atoms with Crippen LogP contribution in [0.1, 0.15) is 33.7 Å². The number of amides is 1. The number of aromatic carboxylic acids is 1. The number of carbonyl (C=O) groups excluding carboxylic acids is 1. The van der Waals surface area contributed by atoms with Crippen molar-refractivity contribution in [3.8, 4) is 5.75 Å². The number of hydrogen-bond donors (Lipinski definition) is 1. The van der Waals surface area contributed by atoms with Gasteiger partial charge in [0.25, 0.3) is 5.91 Å². The van der Waals surface area contributed by atoms with Gasteiger partial charge in [0.15, 0.2) is 0 Å². The third-order valence-corrected chi connectivity index (χ3v) is 4.36.